The van der Waals surface area contributed by atoms with Gasteiger partial charge in [-0.1, -0.05) is 56.9 Å². The molecule has 1 unspecified atom stereocenters. The summed E-state index contributed by atoms with van der Waals surface area (Å²) in [6, 6.07) is 8.50. The highest BCUT2D eigenvalue weighted by atomic mass is 35.5. The third-order valence-corrected chi connectivity index (χ3v) is 4.48. The van der Waals surface area contributed by atoms with Crippen LogP contribution in [0.25, 0.3) is 0 Å². The maximum Gasteiger partial charge on any atom is 0.229 e. The summed E-state index contributed by atoms with van der Waals surface area (Å²) >= 11 is 5.87. The van der Waals surface area contributed by atoms with E-state index in [9.17, 15) is 4.79 Å². The van der Waals surface area contributed by atoms with E-state index >= 15 is 0 Å². The predicted molar refractivity (Wildman–Crippen MR) is 80.6 cm³/mol. The van der Waals surface area contributed by atoms with Crippen LogP contribution in [-0.2, 0) is 11.2 Å². The lowest BCUT2D eigenvalue weighted by Crippen LogP contribution is -2.21. The van der Waals surface area contributed by atoms with Gasteiger partial charge in [0, 0.05) is 0 Å². The first kappa shape index (κ1) is 14.6. The smallest absolute Gasteiger partial charge is 0.229 e. The van der Waals surface area contributed by atoms with E-state index in [1.807, 2.05) is 0 Å². The number of rotatable bonds is 5. The standard InChI is InChI=1S/C17H23ClO/c1-2-6-13-9-11-15(12-10-13)16(17(18)19)14-7-4-3-5-8-14/h9-12,14,16H,2-8H2,1H3. The Labute approximate surface area is 121 Å². The molecular formula is C17H23ClO. The molecule has 0 amide bonds. The van der Waals surface area contributed by atoms with Crippen molar-refractivity contribution in [1.82, 2.24) is 0 Å². The summed E-state index contributed by atoms with van der Waals surface area (Å²) in [5, 5.41) is -0.185. The van der Waals surface area contributed by atoms with Crippen LogP contribution in [0, 0.1) is 5.92 Å². The molecule has 1 aliphatic rings. The van der Waals surface area contributed by atoms with Crippen molar-refractivity contribution in [1.29, 1.82) is 0 Å². The first-order chi connectivity index (χ1) is 9.22. The van der Waals surface area contributed by atoms with Crippen LogP contribution < -0.4 is 0 Å². The van der Waals surface area contributed by atoms with E-state index in [2.05, 4.69) is 31.2 Å². The Bertz CT molecular complexity index is 404. The highest BCUT2D eigenvalue weighted by molar-refractivity contribution is 6.64. The van der Waals surface area contributed by atoms with Crippen molar-refractivity contribution in [3.8, 4) is 0 Å². The predicted octanol–water partition coefficient (Wildman–Crippen LogP) is 5.07. The molecule has 0 aliphatic heterocycles. The zero-order valence-electron chi connectivity index (χ0n) is 11.7. The second-order valence-electron chi connectivity index (χ2n) is 5.67. The summed E-state index contributed by atoms with van der Waals surface area (Å²) in [4.78, 5) is 11.8. The molecule has 1 nitrogen and oxygen atoms in total. The maximum atomic E-state index is 11.8. The third-order valence-electron chi connectivity index (χ3n) is 4.24. The quantitative estimate of drug-likeness (QED) is 0.687. The molecule has 1 fully saturated rings. The van der Waals surface area contributed by atoms with Crippen LogP contribution in [0.5, 0.6) is 0 Å². The Morgan fingerprint density at radius 2 is 1.84 bits per heavy atom. The van der Waals surface area contributed by atoms with Gasteiger partial charge >= 0.3 is 0 Å². The summed E-state index contributed by atoms with van der Waals surface area (Å²) in [6.45, 7) is 2.18. The number of hydrogen-bond acceptors (Lipinski definition) is 1. The minimum absolute atomic E-state index is 0.0994. The second-order valence-corrected chi connectivity index (χ2v) is 6.04. The van der Waals surface area contributed by atoms with E-state index in [1.54, 1.807) is 0 Å². The van der Waals surface area contributed by atoms with Gasteiger partial charge in [-0.3, -0.25) is 4.79 Å². The minimum Gasteiger partial charge on any atom is -0.281 e. The fraction of sp³-hybridized carbons (Fsp3) is 0.588. The van der Waals surface area contributed by atoms with E-state index in [0.29, 0.717) is 5.92 Å². The Morgan fingerprint density at radius 3 is 2.37 bits per heavy atom. The molecule has 1 saturated carbocycles. The van der Waals surface area contributed by atoms with Crippen molar-refractivity contribution in [2.75, 3.05) is 0 Å². The molecule has 1 aromatic carbocycles. The van der Waals surface area contributed by atoms with Gasteiger partial charge in [-0.05, 0) is 47.9 Å². The molecular weight excluding hydrogens is 256 g/mol. The van der Waals surface area contributed by atoms with Crippen molar-refractivity contribution in [3.63, 3.8) is 0 Å². The molecule has 2 heteroatoms. The maximum absolute atomic E-state index is 11.8. The summed E-state index contributed by atoms with van der Waals surface area (Å²) in [5.41, 5.74) is 2.45. The molecule has 0 bridgehead atoms. The molecule has 1 aliphatic carbocycles. The molecule has 0 spiro atoms. The van der Waals surface area contributed by atoms with Gasteiger partial charge in [-0.15, -0.1) is 0 Å². The number of hydrogen-bond donors (Lipinski definition) is 0. The van der Waals surface area contributed by atoms with Gasteiger partial charge in [-0.2, -0.15) is 0 Å². The summed E-state index contributed by atoms with van der Waals surface area (Å²) in [6.07, 6.45) is 8.30. The monoisotopic (exact) mass is 278 g/mol. The lowest BCUT2D eigenvalue weighted by atomic mass is 9.77. The number of halogens is 1. The fourth-order valence-corrected chi connectivity index (χ4v) is 3.54. The van der Waals surface area contributed by atoms with E-state index in [4.69, 9.17) is 11.6 Å². The van der Waals surface area contributed by atoms with Crippen LogP contribution in [0.2, 0.25) is 0 Å². The highest BCUT2D eigenvalue weighted by Gasteiger charge is 2.29. The van der Waals surface area contributed by atoms with Gasteiger partial charge in [-0.25, -0.2) is 0 Å². The van der Waals surface area contributed by atoms with Crippen LogP contribution in [0.15, 0.2) is 24.3 Å². The van der Waals surface area contributed by atoms with Crippen LogP contribution in [0.3, 0.4) is 0 Å². The topological polar surface area (TPSA) is 17.1 Å². The van der Waals surface area contributed by atoms with Gasteiger partial charge in [0.1, 0.15) is 0 Å². The molecule has 1 atom stereocenters. The number of carbonyl (C=O) groups is 1. The van der Waals surface area contributed by atoms with Crippen molar-refractivity contribution in [2.24, 2.45) is 5.92 Å². The normalized spacial score (nSPS) is 18.2. The van der Waals surface area contributed by atoms with E-state index < -0.39 is 0 Å². The zero-order chi connectivity index (χ0) is 13.7. The number of carbonyl (C=O) groups excluding carboxylic acids is 1. The molecule has 0 aromatic heterocycles. The van der Waals surface area contributed by atoms with Crippen molar-refractivity contribution < 1.29 is 4.79 Å². The first-order valence-corrected chi connectivity index (χ1v) is 7.88. The molecule has 1 aromatic rings. The molecule has 0 saturated heterocycles. The van der Waals surface area contributed by atoms with Gasteiger partial charge in [0.2, 0.25) is 5.24 Å². The molecule has 104 valence electrons. The lowest BCUT2D eigenvalue weighted by Gasteiger charge is -2.28. The van der Waals surface area contributed by atoms with Crippen LogP contribution >= 0.6 is 11.6 Å². The Kier molecular flexibility index (Phi) is 5.45. The fourth-order valence-electron chi connectivity index (χ4n) is 3.24. The van der Waals surface area contributed by atoms with Gasteiger partial charge in [0.15, 0.2) is 0 Å². The Hall–Kier alpha value is -0.820. The Balaban J connectivity index is 2.15. The summed E-state index contributed by atoms with van der Waals surface area (Å²) in [5.74, 6) is 0.341. The average molecular weight is 279 g/mol. The van der Waals surface area contributed by atoms with Crippen molar-refractivity contribution >= 4 is 16.8 Å². The van der Waals surface area contributed by atoms with Crippen molar-refractivity contribution in [2.45, 2.75) is 57.8 Å². The van der Waals surface area contributed by atoms with Crippen LogP contribution in [0.4, 0.5) is 0 Å². The van der Waals surface area contributed by atoms with E-state index in [0.717, 1.165) is 31.2 Å². The van der Waals surface area contributed by atoms with Gasteiger partial charge < -0.3 is 0 Å². The average Bonchev–Trinajstić information content (AvgIpc) is 2.42. The lowest BCUT2D eigenvalue weighted by molar-refractivity contribution is -0.114. The summed E-state index contributed by atoms with van der Waals surface area (Å²) < 4.78 is 0. The zero-order valence-corrected chi connectivity index (χ0v) is 12.5. The van der Waals surface area contributed by atoms with Crippen LogP contribution in [0.1, 0.15) is 62.5 Å². The largest absolute Gasteiger partial charge is 0.281 e. The van der Waals surface area contributed by atoms with Crippen molar-refractivity contribution in [3.05, 3.63) is 35.4 Å². The molecule has 0 radical (unpaired) electrons. The second kappa shape index (κ2) is 7.09. The minimum atomic E-state index is -0.185. The van der Waals surface area contributed by atoms with Gasteiger partial charge in [0.05, 0.1) is 5.92 Å². The summed E-state index contributed by atoms with van der Waals surface area (Å²) in [7, 11) is 0. The highest BCUT2D eigenvalue weighted by Crippen LogP contribution is 2.37. The number of benzene rings is 1. The molecule has 2 rings (SSSR count). The molecule has 0 N–H and O–H groups in total. The van der Waals surface area contributed by atoms with E-state index in [1.165, 1.54) is 24.8 Å². The number of aryl methyl sites for hydroxylation is 1. The first-order valence-electron chi connectivity index (χ1n) is 7.50. The third kappa shape index (κ3) is 3.82. The van der Waals surface area contributed by atoms with Crippen LogP contribution in [-0.4, -0.2) is 5.24 Å². The molecule has 0 heterocycles. The van der Waals surface area contributed by atoms with E-state index in [-0.39, 0.29) is 11.2 Å². The SMILES string of the molecule is CCCc1ccc(C(C(=O)Cl)C2CCCCC2)cc1. The van der Waals surface area contributed by atoms with Gasteiger partial charge in [0.25, 0.3) is 0 Å². The Morgan fingerprint density at radius 1 is 1.21 bits per heavy atom. The molecule has 19 heavy (non-hydrogen) atoms.